The Morgan fingerprint density at radius 1 is 1.56 bits per heavy atom. The third-order valence-corrected chi connectivity index (χ3v) is 2.88. The highest BCUT2D eigenvalue weighted by molar-refractivity contribution is 9.10. The maximum Gasteiger partial charge on any atom is 0.143 e. The molecule has 1 heterocycles. The summed E-state index contributed by atoms with van der Waals surface area (Å²) in [5, 5.41) is 8.88. The van der Waals surface area contributed by atoms with Gasteiger partial charge in [-0.25, -0.2) is 4.98 Å². The van der Waals surface area contributed by atoms with E-state index in [0.717, 1.165) is 23.3 Å². The molecule has 0 aliphatic rings. The Labute approximate surface area is 105 Å². The zero-order chi connectivity index (χ0) is 12.1. The van der Waals surface area contributed by atoms with E-state index >= 15 is 0 Å². The molecule has 16 heavy (non-hydrogen) atoms. The smallest absolute Gasteiger partial charge is 0.143 e. The molecule has 0 spiro atoms. The maximum absolute atomic E-state index is 8.88. The Hall–Kier alpha value is -0.810. The first-order valence-electron chi connectivity index (χ1n) is 5.34. The first-order chi connectivity index (χ1) is 7.56. The fourth-order valence-corrected chi connectivity index (χ4v) is 2.10. The van der Waals surface area contributed by atoms with Crippen molar-refractivity contribution in [1.29, 1.82) is 0 Å². The molecule has 0 aliphatic carbocycles. The number of hydrogen-bond donors (Lipinski definition) is 2. The maximum atomic E-state index is 8.88. The molecule has 3 N–H and O–H groups in total. The van der Waals surface area contributed by atoms with Gasteiger partial charge in [-0.05, 0) is 42.3 Å². The van der Waals surface area contributed by atoms with Crippen LogP contribution >= 0.6 is 15.9 Å². The molecule has 4 nitrogen and oxygen atoms in total. The molecule has 0 amide bonds. The number of pyridine rings is 1. The minimum absolute atomic E-state index is 0.190. The highest BCUT2D eigenvalue weighted by Crippen LogP contribution is 2.26. The van der Waals surface area contributed by atoms with E-state index < -0.39 is 0 Å². The first kappa shape index (κ1) is 13.3. The second kappa shape index (κ2) is 6.06. The van der Waals surface area contributed by atoms with Crippen LogP contribution < -0.4 is 10.6 Å². The van der Waals surface area contributed by atoms with Gasteiger partial charge in [0.1, 0.15) is 5.82 Å². The number of aliphatic hydroxyl groups excluding tert-OH is 1. The van der Waals surface area contributed by atoms with Crippen molar-refractivity contribution >= 4 is 27.4 Å². The fraction of sp³-hybridized carbons (Fsp3) is 0.545. The monoisotopic (exact) mass is 287 g/mol. The zero-order valence-corrected chi connectivity index (χ0v) is 11.2. The summed E-state index contributed by atoms with van der Waals surface area (Å²) >= 11 is 3.46. The van der Waals surface area contributed by atoms with Crippen molar-refractivity contribution in [3.63, 3.8) is 0 Å². The van der Waals surface area contributed by atoms with E-state index in [4.69, 9.17) is 10.8 Å². The van der Waals surface area contributed by atoms with Gasteiger partial charge in [0.25, 0.3) is 0 Å². The number of nitrogen functional groups attached to an aromatic ring is 1. The summed E-state index contributed by atoms with van der Waals surface area (Å²) in [6, 6.07) is 2.18. The van der Waals surface area contributed by atoms with E-state index in [-0.39, 0.29) is 6.61 Å². The number of nitrogens with two attached hydrogens (primary N) is 1. The summed E-state index contributed by atoms with van der Waals surface area (Å²) in [7, 11) is 0. The largest absolute Gasteiger partial charge is 0.397 e. The van der Waals surface area contributed by atoms with Crippen LogP contribution in [-0.2, 0) is 0 Å². The van der Waals surface area contributed by atoms with Gasteiger partial charge in [-0.1, -0.05) is 0 Å². The van der Waals surface area contributed by atoms with Gasteiger partial charge in [0.05, 0.1) is 16.4 Å². The van der Waals surface area contributed by atoms with Gasteiger partial charge in [0.2, 0.25) is 0 Å². The summed E-state index contributed by atoms with van der Waals surface area (Å²) in [6.07, 6.45) is 2.38. The molecule has 0 aliphatic heterocycles. The van der Waals surface area contributed by atoms with Gasteiger partial charge < -0.3 is 15.7 Å². The lowest BCUT2D eigenvalue weighted by Gasteiger charge is -2.28. The van der Waals surface area contributed by atoms with Crippen LogP contribution in [0.15, 0.2) is 16.7 Å². The number of aromatic nitrogens is 1. The Morgan fingerprint density at radius 3 is 2.75 bits per heavy atom. The van der Waals surface area contributed by atoms with E-state index in [2.05, 4.69) is 39.7 Å². The molecule has 1 aromatic rings. The van der Waals surface area contributed by atoms with Gasteiger partial charge in [-0.15, -0.1) is 0 Å². The van der Waals surface area contributed by atoms with Gasteiger partial charge >= 0.3 is 0 Å². The molecular formula is C11H18BrN3O. The minimum Gasteiger partial charge on any atom is -0.397 e. The standard InChI is InChI=1S/C11H18BrN3O/c1-8(2)15(4-3-5-16)11-10(12)6-9(13)7-14-11/h6-8,16H,3-5,13H2,1-2H3. The normalized spacial score (nSPS) is 10.8. The van der Waals surface area contributed by atoms with Gasteiger partial charge in [-0.2, -0.15) is 0 Å². The van der Waals surface area contributed by atoms with Crippen LogP contribution in [0.2, 0.25) is 0 Å². The summed E-state index contributed by atoms with van der Waals surface area (Å²) < 4.78 is 0.888. The molecule has 0 radical (unpaired) electrons. The Morgan fingerprint density at radius 2 is 2.25 bits per heavy atom. The topological polar surface area (TPSA) is 62.4 Å². The van der Waals surface area contributed by atoms with Crippen molar-refractivity contribution in [3.05, 3.63) is 16.7 Å². The van der Waals surface area contributed by atoms with Crippen molar-refractivity contribution in [3.8, 4) is 0 Å². The average Bonchev–Trinajstić information content (AvgIpc) is 2.20. The zero-order valence-electron chi connectivity index (χ0n) is 9.65. The quantitative estimate of drug-likeness (QED) is 0.870. The van der Waals surface area contributed by atoms with Crippen molar-refractivity contribution < 1.29 is 5.11 Å². The molecule has 0 saturated carbocycles. The molecule has 0 unspecified atom stereocenters. The highest BCUT2D eigenvalue weighted by Gasteiger charge is 2.14. The van der Waals surface area contributed by atoms with Crippen molar-refractivity contribution in [2.75, 3.05) is 23.8 Å². The first-order valence-corrected chi connectivity index (χ1v) is 6.14. The van der Waals surface area contributed by atoms with E-state index in [0.29, 0.717) is 11.7 Å². The molecule has 5 heteroatoms. The van der Waals surface area contributed by atoms with Crippen LogP contribution in [0.1, 0.15) is 20.3 Å². The molecule has 0 atom stereocenters. The highest BCUT2D eigenvalue weighted by atomic mass is 79.9. The Kier molecular flexibility index (Phi) is 5.02. The van der Waals surface area contributed by atoms with Gasteiger partial charge in [-0.3, -0.25) is 0 Å². The number of aliphatic hydroxyl groups is 1. The Balaban J connectivity index is 2.92. The van der Waals surface area contributed by atoms with E-state index in [9.17, 15) is 0 Å². The second-order valence-corrected chi connectivity index (χ2v) is 4.79. The van der Waals surface area contributed by atoms with E-state index in [1.165, 1.54) is 0 Å². The summed E-state index contributed by atoms with van der Waals surface area (Å²) in [6.45, 7) is 5.17. The number of nitrogens with zero attached hydrogens (tertiary/aromatic N) is 2. The molecule has 0 bridgehead atoms. The lowest BCUT2D eigenvalue weighted by atomic mass is 10.2. The van der Waals surface area contributed by atoms with Crippen molar-refractivity contribution in [2.45, 2.75) is 26.3 Å². The molecule has 90 valence electrons. The number of hydrogen-bond acceptors (Lipinski definition) is 4. The molecule has 0 fully saturated rings. The minimum atomic E-state index is 0.190. The third-order valence-electron chi connectivity index (χ3n) is 2.30. The molecular weight excluding hydrogens is 270 g/mol. The van der Waals surface area contributed by atoms with Crippen molar-refractivity contribution in [1.82, 2.24) is 4.98 Å². The van der Waals surface area contributed by atoms with Crippen LogP contribution in [0.4, 0.5) is 11.5 Å². The van der Waals surface area contributed by atoms with Crippen LogP contribution in [0.5, 0.6) is 0 Å². The number of anilines is 2. The summed E-state index contributed by atoms with van der Waals surface area (Å²) in [5.41, 5.74) is 6.29. The molecule has 0 saturated heterocycles. The van der Waals surface area contributed by atoms with E-state index in [1.54, 1.807) is 6.20 Å². The SMILES string of the molecule is CC(C)N(CCCO)c1ncc(N)cc1Br. The average molecular weight is 288 g/mol. The van der Waals surface area contributed by atoms with Crippen LogP contribution in [0.3, 0.4) is 0 Å². The lowest BCUT2D eigenvalue weighted by molar-refractivity contribution is 0.288. The summed E-state index contributed by atoms with van der Waals surface area (Å²) in [5.74, 6) is 0.873. The predicted molar refractivity (Wildman–Crippen MR) is 70.5 cm³/mol. The molecule has 0 aromatic carbocycles. The van der Waals surface area contributed by atoms with E-state index in [1.807, 2.05) is 6.07 Å². The lowest BCUT2D eigenvalue weighted by Crippen LogP contribution is -2.33. The second-order valence-electron chi connectivity index (χ2n) is 3.94. The summed E-state index contributed by atoms with van der Waals surface area (Å²) in [4.78, 5) is 6.46. The number of rotatable bonds is 5. The van der Waals surface area contributed by atoms with Gasteiger partial charge in [0, 0.05) is 19.2 Å². The molecule has 1 aromatic heterocycles. The van der Waals surface area contributed by atoms with Crippen LogP contribution in [-0.4, -0.2) is 29.3 Å². The third kappa shape index (κ3) is 3.35. The van der Waals surface area contributed by atoms with Crippen LogP contribution in [0, 0.1) is 0 Å². The predicted octanol–water partition coefficient (Wildman–Crippen LogP) is 2.02. The molecule has 1 rings (SSSR count). The van der Waals surface area contributed by atoms with Crippen LogP contribution in [0.25, 0.3) is 0 Å². The fourth-order valence-electron chi connectivity index (χ4n) is 1.51. The number of halogens is 1. The van der Waals surface area contributed by atoms with Gasteiger partial charge in [0.15, 0.2) is 0 Å². The van der Waals surface area contributed by atoms with Crippen molar-refractivity contribution in [2.24, 2.45) is 0 Å². The Bertz CT molecular complexity index is 344.